The first-order valence-electron chi connectivity index (χ1n) is 5.39. The number of hydrogen-bond donors (Lipinski definition) is 1. The number of rotatable bonds is 3. The smallest absolute Gasteiger partial charge is 0.158 e. The van der Waals surface area contributed by atoms with Crippen LogP contribution >= 0.6 is 0 Å². The minimum atomic E-state index is -0.322. The van der Waals surface area contributed by atoms with Gasteiger partial charge in [-0.1, -0.05) is 6.07 Å². The molecule has 80 valence electrons. The van der Waals surface area contributed by atoms with E-state index in [9.17, 15) is 4.79 Å². The average Bonchev–Trinajstić information content (AvgIpc) is 2.68. The lowest BCUT2D eigenvalue weighted by molar-refractivity contribution is -0.123. The Kier molecular flexibility index (Phi) is 2.82. The van der Waals surface area contributed by atoms with Gasteiger partial charge >= 0.3 is 0 Å². The van der Waals surface area contributed by atoms with E-state index in [1.165, 1.54) is 0 Å². The lowest BCUT2D eigenvalue weighted by atomic mass is 9.91. The van der Waals surface area contributed by atoms with Crippen LogP contribution in [0.1, 0.15) is 25.5 Å². The van der Waals surface area contributed by atoms with Crippen molar-refractivity contribution >= 4 is 5.78 Å². The third kappa shape index (κ3) is 2.23. The highest BCUT2D eigenvalue weighted by atomic mass is 16.1. The Morgan fingerprint density at radius 3 is 3.07 bits per heavy atom. The molecule has 0 bridgehead atoms. The van der Waals surface area contributed by atoms with Crippen molar-refractivity contribution in [3.63, 3.8) is 0 Å². The van der Waals surface area contributed by atoms with Crippen molar-refractivity contribution in [1.82, 2.24) is 10.3 Å². The second-order valence-electron chi connectivity index (χ2n) is 4.28. The monoisotopic (exact) mass is 204 g/mol. The zero-order valence-electron chi connectivity index (χ0n) is 8.99. The van der Waals surface area contributed by atoms with Crippen molar-refractivity contribution in [2.45, 2.75) is 31.7 Å². The lowest BCUT2D eigenvalue weighted by Crippen LogP contribution is -2.45. The molecule has 1 aliphatic heterocycles. The highest BCUT2D eigenvalue weighted by molar-refractivity contribution is 5.89. The zero-order valence-corrected chi connectivity index (χ0v) is 8.99. The van der Waals surface area contributed by atoms with Crippen molar-refractivity contribution in [2.24, 2.45) is 0 Å². The SMILES string of the molecule is CC1(C(=O)Cc2ccccn2)CCCN1. The van der Waals surface area contributed by atoms with Gasteiger partial charge in [0, 0.05) is 11.9 Å². The molecule has 0 spiro atoms. The van der Waals surface area contributed by atoms with Crippen LogP contribution in [0.3, 0.4) is 0 Å². The summed E-state index contributed by atoms with van der Waals surface area (Å²) in [7, 11) is 0. The quantitative estimate of drug-likeness (QED) is 0.807. The molecule has 1 unspecified atom stereocenters. The second kappa shape index (κ2) is 4.11. The summed E-state index contributed by atoms with van der Waals surface area (Å²) in [4.78, 5) is 16.2. The third-order valence-corrected chi connectivity index (χ3v) is 3.05. The van der Waals surface area contributed by atoms with Crippen molar-refractivity contribution in [1.29, 1.82) is 0 Å². The van der Waals surface area contributed by atoms with Gasteiger partial charge in [0.25, 0.3) is 0 Å². The van der Waals surface area contributed by atoms with E-state index in [0.717, 1.165) is 25.1 Å². The Morgan fingerprint density at radius 2 is 2.47 bits per heavy atom. The molecular formula is C12H16N2O. The first-order chi connectivity index (χ1) is 7.21. The van der Waals surface area contributed by atoms with E-state index in [4.69, 9.17) is 0 Å². The van der Waals surface area contributed by atoms with Gasteiger partial charge in [0.2, 0.25) is 0 Å². The topological polar surface area (TPSA) is 42.0 Å². The maximum atomic E-state index is 12.0. The van der Waals surface area contributed by atoms with Gasteiger partial charge in [0.15, 0.2) is 5.78 Å². The van der Waals surface area contributed by atoms with Crippen LogP contribution in [-0.2, 0) is 11.2 Å². The average molecular weight is 204 g/mol. The summed E-state index contributed by atoms with van der Waals surface area (Å²) >= 11 is 0. The highest BCUT2D eigenvalue weighted by Crippen LogP contribution is 2.20. The van der Waals surface area contributed by atoms with Gasteiger partial charge in [-0.3, -0.25) is 9.78 Å². The summed E-state index contributed by atoms with van der Waals surface area (Å²) in [5, 5.41) is 3.28. The molecule has 0 amide bonds. The summed E-state index contributed by atoms with van der Waals surface area (Å²) in [6, 6.07) is 5.68. The first-order valence-corrected chi connectivity index (χ1v) is 5.39. The number of nitrogens with zero attached hydrogens (tertiary/aromatic N) is 1. The fourth-order valence-electron chi connectivity index (χ4n) is 1.99. The highest BCUT2D eigenvalue weighted by Gasteiger charge is 2.35. The Bertz CT molecular complexity index is 342. The maximum Gasteiger partial charge on any atom is 0.158 e. The standard InChI is InChI=1S/C12H16N2O/c1-12(6-4-8-14-12)11(15)9-10-5-2-3-7-13-10/h2-3,5,7,14H,4,6,8-9H2,1H3. The van der Waals surface area contributed by atoms with Crippen LogP contribution in [0.5, 0.6) is 0 Å². The number of nitrogens with one attached hydrogen (secondary N) is 1. The number of hydrogen-bond acceptors (Lipinski definition) is 3. The molecule has 3 heteroatoms. The van der Waals surface area contributed by atoms with E-state index in [0.29, 0.717) is 6.42 Å². The molecule has 1 saturated heterocycles. The number of aromatic nitrogens is 1. The molecule has 1 aliphatic rings. The third-order valence-electron chi connectivity index (χ3n) is 3.05. The van der Waals surface area contributed by atoms with E-state index >= 15 is 0 Å². The predicted molar refractivity (Wildman–Crippen MR) is 58.6 cm³/mol. The van der Waals surface area contributed by atoms with E-state index in [1.807, 2.05) is 25.1 Å². The largest absolute Gasteiger partial charge is 0.305 e. The van der Waals surface area contributed by atoms with Crippen LogP contribution in [0.4, 0.5) is 0 Å². The van der Waals surface area contributed by atoms with E-state index in [2.05, 4.69) is 10.3 Å². The fourth-order valence-corrected chi connectivity index (χ4v) is 1.99. The van der Waals surface area contributed by atoms with Crippen LogP contribution in [0.2, 0.25) is 0 Å². The first kappa shape index (κ1) is 10.3. The molecule has 3 nitrogen and oxygen atoms in total. The molecule has 2 rings (SSSR count). The van der Waals surface area contributed by atoms with Gasteiger partial charge in [0.1, 0.15) is 0 Å². The van der Waals surface area contributed by atoms with Crippen LogP contribution in [0.25, 0.3) is 0 Å². The van der Waals surface area contributed by atoms with E-state index in [1.54, 1.807) is 6.20 Å². The Balaban J connectivity index is 2.04. The summed E-state index contributed by atoms with van der Waals surface area (Å²) in [5.41, 5.74) is 0.537. The lowest BCUT2D eigenvalue weighted by Gasteiger charge is -2.22. The molecule has 1 fully saturated rings. The molecule has 0 radical (unpaired) electrons. The predicted octanol–water partition coefficient (Wildman–Crippen LogP) is 1.34. The van der Waals surface area contributed by atoms with E-state index in [-0.39, 0.29) is 11.3 Å². The van der Waals surface area contributed by atoms with Crippen molar-refractivity contribution in [2.75, 3.05) is 6.54 Å². The van der Waals surface area contributed by atoms with Gasteiger partial charge in [-0.05, 0) is 38.4 Å². The molecule has 0 aliphatic carbocycles. The molecule has 1 atom stereocenters. The molecule has 1 aromatic heterocycles. The zero-order chi connectivity index (χ0) is 10.7. The van der Waals surface area contributed by atoms with Crippen LogP contribution in [0, 0.1) is 0 Å². The Morgan fingerprint density at radius 1 is 1.60 bits per heavy atom. The molecule has 1 aromatic rings. The Hall–Kier alpha value is -1.22. The second-order valence-corrected chi connectivity index (χ2v) is 4.28. The van der Waals surface area contributed by atoms with Gasteiger partial charge in [-0.15, -0.1) is 0 Å². The van der Waals surface area contributed by atoms with Crippen LogP contribution < -0.4 is 5.32 Å². The molecule has 2 heterocycles. The maximum absolute atomic E-state index is 12.0. The summed E-state index contributed by atoms with van der Waals surface area (Å²) in [6.45, 7) is 2.94. The van der Waals surface area contributed by atoms with E-state index < -0.39 is 0 Å². The normalized spacial score (nSPS) is 25.4. The minimum Gasteiger partial charge on any atom is -0.305 e. The van der Waals surface area contributed by atoms with Crippen molar-refractivity contribution in [3.05, 3.63) is 30.1 Å². The molecule has 1 N–H and O–H groups in total. The molecule has 15 heavy (non-hydrogen) atoms. The minimum absolute atomic E-state index is 0.249. The fraction of sp³-hybridized carbons (Fsp3) is 0.500. The van der Waals surface area contributed by atoms with Crippen molar-refractivity contribution in [3.8, 4) is 0 Å². The van der Waals surface area contributed by atoms with Crippen LogP contribution in [0.15, 0.2) is 24.4 Å². The van der Waals surface area contributed by atoms with Crippen molar-refractivity contribution < 1.29 is 4.79 Å². The van der Waals surface area contributed by atoms with Gasteiger partial charge in [-0.25, -0.2) is 0 Å². The molecule has 0 aromatic carbocycles. The summed E-state index contributed by atoms with van der Waals surface area (Å²) < 4.78 is 0. The van der Waals surface area contributed by atoms with Gasteiger partial charge in [-0.2, -0.15) is 0 Å². The summed E-state index contributed by atoms with van der Waals surface area (Å²) in [6.07, 6.45) is 4.19. The number of ketones is 1. The number of pyridine rings is 1. The number of carbonyl (C=O) groups is 1. The van der Waals surface area contributed by atoms with Crippen LogP contribution in [-0.4, -0.2) is 22.9 Å². The van der Waals surface area contributed by atoms with Gasteiger partial charge in [0.05, 0.1) is 12.0 Å². The summed E-state index contributed by atoms with van der Waals surface area (Å²) in [5.74, 6) is 0.249. The number of carbonyl (C=O) groups excluding carboxylic acids is 1. The number of Topliss-reactive ketones (excluding diaryl/α,β-unsaturated/α-hetero) is 1. The molecule has 0 saturated carbocycles. The molecular weight excluding hydrogens is 188 g/mol. The van der Waals surface area contributed by atoms with Gasteiger partial charge < -0.3 is 5.32 Å². The Labute approximate surface area is 89.9 Å².